The van der Waals surface area contributed by atoms with E-state index in [1.807, 2.05) is 24.4 Å². The van der Waals surface area contributed by atoms with Gasteiger partial charge in [0, 0.05) is 60.5 Å². The number of benzene rings is 2. The molecule has 0 amide bonds. The number of rotatable bonds is 4. The summed E-state index contributed by atoms with van der Waals surface area (Å²) < 4.78 is 2.35. The lowest BCUT2D eigenvalue weighted by Crippen LogP contribution is -2.31. The van der Waals surface area contributed by atoms with Gasteiger partial charge in [-0.05, 0) is 37.6 Å². The molecule has 2 aromatic heterocycles. The van der Waals surface area contributed by atoms with E-state index in [-0.39, 0.29) is 0 Å². The number of hydrogen-bond donors (Lipinski definition) is 0. The smallest absolute Gasteiger partial charge is 0.159 e. The van der Waals surface area contributed by atoms with Crippen LogP contribution in [0.1, 0.15) is 28.2 Å². The Morgan fingerprint density at radius 1 is 0.933 bits per heavy atom. The van der Waals surface area contributed by atoms with Crippen LogP contribution >= 0.6 is 0 Å². The van der Waals surface area contributed by atoms with Crippen LogP contribution in [0, 0.1) is 13.8 Å². The number of fused-ring (bicyclic) bond motifs is 1. The van der Waals surface area contributed by atoms with Gasteiger partial charge >= 0.3 is 0 Å². The molecule has 0 atom stereocenters. The van der Waals surface area contributed by atoms with Crippen molar-refractivity contribution in [2.45, 2.75) is 33.4 Å². The molecule has 0 N–H and O–H groups in total. The van der Waals surface area contributed by atoms with Crippen molar-refractivity contribution in [1.82, 2.24) is 19.4 Å². The summed E-state index contributed by atoms with van der Waals surface area (Å²) in [5.74, 6) is 0.828. The molecule has 4 nitrogen and oxygen atoms in total. The molecular weight excluding hydrogens is 368 g/mol. The van der Waals surface area contributed by atoms with Crippen LogP contribution in [-0.2, 0) is 19.5 Å². The van der Waals surface area contributed by atoms with Crippen LogP contribution in [0.3, 0.4) is 0 Å². The van der Waals surface area contributed by atoms with Crippen LogP contribution < -0.4 is 0 Å². The van der Waals surface area contributed by atoms with Gasteiger partial charge in [-0.25, -0.2) is 9.97 Å². The van der Waals surface area contributed by atoms with Gasteiger partial charge in [-0.3, -0.25) is 4.90 Å². The van der Waals surface area contributed by atoms with Crippen molar-refractivity contribution in [2.24, 2.45) is 0 Å². The minimum Gasteiger partial charge on any atom is -0.318 e. The lowest BCUT2D eigenvalue weighted by molar-refractivity contribution is 0.242. The van der Waals surface area contributed by atoms with E-state index in [0.29, 0.717) is 0 Å². The van der Waals surface area contributed by atoms with E-state index in [9.17, 15) is 0 Å². The average Bonchev–Trinajstić information content (AvgIpc) is 3.07. The van der Waals surface area contributed by atoms with Crippen LogP contribution in [0.15, 0.2) is 72.9 Å². The minimum atomic E-state index is 0.828. The second kappa shape index (κ2) is 7.88. The highest BCUT2D eigenvalue weighted by Gasteiger charge is 2.21. The van der Waals surface area contributed by atoms with Gasteiger partial charge in [-0.15, -0.1) is 0 Å². The fourth-order valence-corrected chi connectivity index (χ4v) is 4.44. The van der Waals surface area contributed by atoms with Crippen LogP contribution in [0.2, 0.25) is 0 Å². The molecule has 1 aliphatic rings. The zero-order valence-corrected chi connectivity index (χ0v) is 17.5. The molecule has 0 unspecified atom stereocenters. The molecular formula is C26H26N4. The molecule has 0 fully saturated rings. The summed E-state index contributed by atoms with van der Waals surface area (Å²) in [6.07, 6.45) is 2.99. The zero-order valence-electron chi connectivity index (χ0n) is 17.5. The largest absolute Gasteiger partial charge is 0.318 e. The Morgan fingerprint density at radius 2 is 1.67 bits per heavy atom. The van der Waals surface area contributed by atoms with Crippen molar-refractivity contribution in [2.75, 3.05) is 6.54 Å². The maximum absolute atomic E-state index is 4.86. The first kappa shape index (κ1) is 18.8. The Labute approximate surface area is 177 Å². The summed E-state index contributed by atoms with van der Waals surface area (Å²) >= 11 is 0. The molecule has 30 heavy (non-hydrogen) atoms. The van der Waals surface area contributed by atoms with Crippen molar-refractivity contribution in [1.29, 1.82) is 0 Å². The summed E-state index contributed by atoms with van der Waals surface area (Å²) in [6, 6.07) is 23.1. The van der Waals surface area contributed by atoms with Gasteiger partial charge < -0.3 is 4.57 Å². The first-order valence-corrected chi connectivity index (χ1v) is 10.5. The van der Waals surface area contributed by atoms with Crippen LogP contribution in [0.4, 0.5) is 0 Å². The Hall–Kier alpha value is -3.24. The van der Waals surface area contributed by atoms with Gasteiger partial charge in [0.1, 0.15) is 0 Å². The maximum Gasteiger partial charge on any atom is 0.159 e. The topological polar surface area (TPSA) is 34.0 Å². The van der Waals surface area contributed by atoms with Gasteiger partial charge in [-0.1, -0.05) is 48.5 Å². The summed E-state index contributed by atoms with van der Waals surface area (Å²) in [5.41, 5.74) is 8.73. The molecule has 0 radical (unpaired) electrons. The fourth-order valence-electron chi connectivity index (χ4n) is 4.44. The molecule has 2 aromatic carbocycles. The van der Waals surface area contributed by atoms with Crippen molar-refractivity contribution >= 4 is 0 Å². The van der Waals surface area contributed by atoms with Crippen molar-refractivity contribution in [3.05, 3.63) is 101 Å². The predicted molar refractivity (Wildman–Crippen MR) is 121 cm³/mol. The third-order valence-corrected chi connectivity index (χ3v) is 5.99. The normalized spacial score (nSPS) is 13.9. The molecule has 5 rings (SSSR count). The van der Waals surface area contributed by atoms with E-state index in [4.69, 9.17) is 4.98 Å². The summed E-state index contributed by atoms with van der Waals surface area (Å²) in [4.78, 5) is 12.0. The number of aryl methyl sites for hydroxylation is 1. The third kappa shape index (κ3) is 3.55. The van der Waals surface area contributed by atoms with E-state index in [1.54, 1.807) is 0 Å². The molecule has 0 aliphatic carbocycles. The van der Waals surface area contributed by atoms with Crippen molar-refractivity contribution < 1.29 is 0 Å². The van der Waals surface area contributed by atoms with E-state index < -0.39 is 0 Å². The fraction of sp³-hybridized carbons (Fsp3) is 0.231. The predicted octanol–water partition coefficient (Wildman–Crippen LogP) is 5.11. The Balaban J connectivity index is 1.35. The van der Waals surface area contributed by atoms with Crippen molar-refractivity contribution in [3.63, 3.8) is 0 Å². The Kier molecular flexibility index (Phi) is 4.93. The Morgan fingerprint density at radius 3 is 2.43 bits per heavy atom. The van der Waals surface area contributed by atoms with Crippen LogP contribution in [0.25, 0.3) is 17.1 Å². The SMILES string of the molecule is Cc1cc(CN2CCc3nc(-c4ccccc4)ncc3C2)c(C)n1-c1ccccc1. The molecule has 0 saturated carbocycles. The van der Waals surface area contributed by atoms with Crippen LogP contribution in [-0.4, -0.2) is 26.0 Å². The van der Waals surface area contributed by atoms with E-state index in [2.05, 4.69) is 76.8 Å². The minimum absolute atomic E-state index is 0.828. The van der Waals surface area contributed by atoms with Gasteiger partial charge in [-0.2, -0.15) is 0 Å². The first-order valence-electron chi connectivity index (χ1n) is 10.5. The molecule has 3 heterocycles. The van der Waals surface area contributed by atoms with E-state index in [1.165, 1.54) is 33.9 Å². The average molecular weight is 395 g/mol. The third-order valence-electron chi connectivity index (χ3n) is 5.99. The second-order valence-corrected chi connectivity index (χ2v) is 8.06. The van der Waals surface area contributed by atoms with Gasteiger partial charge in [0.25, 0.3) is 0 Å². The Bertz CT molecular complexity index is 1160. The first-order chi connectivity index (χ1) is 14.7. The highest BCUT2D eigenvalue weighted by atomic mass is 15.1. The van der Waals surface area contributed by atoms with Crippen LogP contribution in [0.5, 0.6) is 0 Å². The van der Waals surface area contributed by atoms with Crippen molar-refractivity contribution in [3.8, 4) is 17.1 Å². The summed E-state index contributed by atoms with van der Waals surface area (Å²) in [5, 5.41) is 0. The molecule has 0 bridgehead atoms. The van der Waals surface area contributed by atoms with Gasteiger partial charge in [0.05, 0.1) is 5.69 Å². The molecule has 4 aromatic rings. The van der Waals surface area contributed by atoms with E-state index >= 15 is 0 Å². The number of hydrogen-bond acceptors (Lipinski definition) is 3. The highest BCUT2D eigenvalue weighted by Crippen LogP contribution is 2.25. The van der Waals surface area contributed by atoms with E-state index in [0.717, 1.165) is 37.4 Å². The quantitative estimate of drug-likeness (QED) is 0.482. The summed E-state index contributed by atoms with van der Waals surface area (Å²) in [7, 11) is 0. The zero-order chi connectivity index (χ0) is 20.5. The number of para-hydroxylation sites is 1. The molecule has 4 heteroatoms. The maximum atomic E-state index is 4.86. The second-order valence-electron chi connectivity index (χ2n) is 8.06. The molecule has 1 aliphatic heterocycles. The molecule has 0 spiro atoms. The summed E-state index contributed by atoms with van der Waals surface area (Å²) in [6.45, 7) is 7.29. The van der Waals surface area contributed by atoms with Gasteiger partial charge in [0.2, 0.25) is 0 Å². The number of nitrogens with zero attached hydrogens (tertiary/aromatic N) is 4. The number of aromatic nitrogens is 3. The lowest BCUT2D eigenvalue weighted by atomic mass is 10.1. The van der Waals surface area contributed by atoms with Gasteiger partial charge in [0.15, 0.2) is 5.82 Å². The standard InChI is InChI=1S/C26H26N4/c1-19-15-22(20(2)30(19)24-11-7-4-8-12-24)17-29-14-13-25-23(18-29)16-27-26(28-25)21-9-5-3-6-10-21/h3-12,15-16H,13-14,17-18H2,1-2H3. The highest BCUT2D eigenvalue weighted by molar-refractivity contribution is 5.54. The molecule has 0 saturated heterocycles. The lowest BCUT2D eigenvalue weighted by Gasteiger charge is -2.28. The molecule has 150 valence electrons. The monoisotopic (exact) mass is 394 g/mol.